The fraction of sp³-hybridized carbons (Fsp3) is 0.286. The van der Waals surface area contributed by atoms with Crippen LogP contribution in [-0.2, 0) is 46.7 Å². The van der Waals surface area contributed by atoms with Crippen LogP contribution in [0.25, 0.3) is 10.8 Å². The van der Waals surface area contributed by atoms with Crippen molar-refractivity contribution in [2.75, 3.05) is 38.2 Å². The predicted molar refractivity (Wildman–Crippen MR) is 215 cm³/mol. The average Bonchev–Trinajstić information content (AvgIpc) is 4.07. The summed E-state index contributed by atoms with van der Waals surface area (Å²) < 4.78 is 48.7. The standard InChI is InChI=1S/C42H44N4O11S/c1-26-19-29(38(40(48)49)44-32-11-9-28-17-18-43-39(47)35(28)21-32)10-15-34(26)36(57-25-54-3)24-55-41(50)45-31-12-16-37(58(52,53)33-13-14-33)30(20-31)22-46(2)42(51)56-23-27-7-5-4-6-8-27/h4-12,15-21,33,36,38,44H,13-14,22-25H2,1-3H3,(H,43,47)(H,45,50)(H,48,49)/t36-,38?/m0/s1. The van der Waals surface area contributed by atoms with E-state index in [1.165, 1.54) is 37.3 Å². The minimum Gasteiger partial charge on any atom is -0.479 e. The van der Waals surface area contributed by atoms with Crippen LogP contribution in [0.3, 0.4) is 0 Å². The number of benzene rings is 4. The van der Waals surface area contributed by atoms with Gasteiger partial charge in [-0.1, -0.05) is 54.6 Å². The maximum absolute atomic E-state index is 13.3. The van der Waals surface area contributed by atoms with Crippen LogP contribution >= 0.6 is 0 Å². The van der Waals surface area contributed by atoms with Crippen LogP contribution in [0.1, 0.15) is 52.8 Å². The molecular formula is C42H44N4O11S. The number of hydrogen-bond donors (Lipinski definition) is 4. The zero-order chi connectivity index (χ0) is 41.4. The number of nitrogens with zero attached hydrogens (tertiary/aromatic N) is 1. The van der Waals surface area contributed by atoms with Gasteiger partial charge in [-0.2, -0.15) is 0 Å². The summed E-state index contributed by atoms with van der Waals surface area (Å²) in [6.45, 7) is 1.29. The molecule has 2 atom stereocenters. The molecule has 6 rings (SSSR count). The number of fused-ring (bicyclic) bond motifs is 1. The van der Waals surface area contributed by atoms with E-state index < -0.39 is 45.4 Å². The molecule has 58 heavy (non-hydrogen) atoms. The van der Waals surface area contributed by atoms with Crippen LogP contribution in [0, 0.1) is 6.92 Å². The number of methoxy groups -OCH3 is 1. The van der Waals surface area contributed by atoms with Gasteiger partial charge >= 0.3 is 18.2 Å². The predicted octanol–water partition coefficient (Wildman–Crippen LogP) is 6.69. The van der Waals surface area contributed by atoms with Gasteiger partial charge in [-0.3, -0.25) is 10.1 Å². The number of rotatable bonds is 17. The second-order valence-electron chi connectivity index (χ2n) is 13.9. The molecule has 1 fully saturated rings. The molecule has 0 bridgehead atoms. The quantitative estimate of drug-likeness (QED) is 0.0726. The summed E-state index contributed by atoms with van der Waals surface area (Å²) in [7, 11) is -0.736. The summed E-state index contributed by atoms with van der Waals surface area (Å²) in [5.74, 6) is -1.14. The maximum Gasteiger partial charge on any atom is 0.411 e. The molecule has 2 amide bonds. The minimum atomic E-state index is -3.67. The van der Waals surface area contributed by atoms with Crippen molar-refractivity contribution in [1.82, 2.24) is 9.88 Å². The topological polar surface area (TPSA) is 203 Å². The summed E-state index contributed by atoms with van der Waals surface area (Å²) in [5.41, 5.74) is 3.16. The number of pyridine rings is 1. The van der Waals surface area contributed by atoms with E-state index in [0.29, 0.717) is 51.6 Å². The number of aryl methyl sites for hydroxylation is 1. The number of carbonyl (C=O) groups is 3. The van der Waals surface area contributed by atoms with Crippen molar-refractivity contribution in [1.29, 1.82) is 0 Å². The molecule has 15 nitrogen and oxygen atoms in total. The molecular weight excluding hydrogens is 769 g/mol. The second kappa shape index (κ2) is 18.4. The third kappa shape index (κ3) is 10.2. The highest BCUT2D eigenvalue weighted by atomic mass is 32.2. The third-order valence-electron chi connectivity index (χ3n) is 9.56. The lowest BCUT2D eigenvalue weighted by atomic mass is 9.97. The molecule has 1 unspecified atom stereocenters. The molecule has 4 N–H and O–H groups in total. The molecule has 0 spiro atoms. The number of ether oxygens (including phenoxy) is 4. The minimum absolute atomic E-state index is 0.0414. The van der Waals surface area contributed by atoms with Gasteiger partial charge in [-0.05, 0) is 89.4 Å². The van der Waals surface area contributed by atoms with E-state index in [0.717, 1.165) is 5.56 Å². The molecule has 0 aliphatic heterocycles. The van der Waals surface area contributed by atoms with E-state index in [1.807, 2.05) is 30.3 Å². The van der Waals surface area contributed by atoms with Crippen LogP contribution in [-0.4, -0.2) is 74.4 Å². The SMILES string of the molecule is COCO[C@@H](COC(=O)Nc1ccc(S(=O)(=O)C2CC2)c(CN(C)C(=O)OCc2ccccc2)c1)c1ccc(C(Nc2ccc3cc[nH]c(=O)c3c2)C(=O)O)cc1C. The van der Waals surface area contributed by atoms with E-state index in [1.54, 1.807) is 55.6 Å². The summed E-state index contributed by atoms with van der Waals surface area (Å²) in [6, 6.07) is 24.1. The number of H-pyrrole nitrogens is 1. The number of carbonyl (C=O) groups excluding carboxylic acids is 2. The Morgan fingerprint density at radius 3 is 2.41 bits per heavy atom. The number of aliphatic carboxylic acids is 1. The number of aromatic amines is 1. The van der Waals surface area contributed by atoms with E-state index in [4.69, 9.17) is 18.9 Å². The second-order valence-corrected chi connectivity index (χ2v) is 16.1. The monoisotopic (exact) mass is 812 g/mol. The number of amides is 2. The number of carboxylic acid groups (broad SMARTS) is 1. The van der Waals surface area contributed by atoms with Gasteiger partial charge in [0.05, 0.1) is 16.7 Å². The summed E-state index contributed by atoms with van der Waals surface area (Å²) >= 11 is 0. The first-order valence-electron chi connectivity index (χ1n) is 18.4. The molecule has 0 radical (unpaired) electrons. The van der Waals surface area contributed by atoms with E-state index >= 15 is 0 Å². The Morgan fingerprint density at radius 1 is 0.948 bits per heavy atom. The lowest BCUT2D eigenvalue weighted by Crippen LogP contribution is -2.28. The highest BCUT2D eigenvalue weighted by molar-refractivity contribution is 7.92. The Morgan fingerprint density at radius 2 is 1.71 bits per heavy atom. The maximum atomic E-state index is 13.3. The Balaban J connectivity index is 1.14. The number of anilines is 2. The summed E-state index contributed by atoms with van der Waals surface area (Å²) in [6.07, 6.45) is 0.301. The first-order chi connectivity index (χ1) is 27.8. The van der Waals surface area contributed by atoms with E-state index in [-0.39, 0.29) is 42.7 Å². The number of hydrogen-bond acceptors (Lipinski definition) is 11. The third-order valence-corrected chi connectivity index (χ3v) is 11.9. The van der Waals surface area contributed by atoms with Gasteiger partial charge in [-0.25, -0.2) is 22.8 Å². The average molecular weight is 813 g/mol. The zero-order valence-corrected chi connectivity index (χ0v) is 32.9. The molecule has 304 valence electrons. The van der Waals surface area contributed by atoms with Crippen molar-refractivity contribution >= 4 is 50.1 Å². The fourth-order valence-electron chi connectivity index (χ4n) is 6.42. The van der Waals surface area contributed by atoms with Crippen molar-refractivity contribution in [2.24, 2.45) is 0 Å². The van der Waals surface area contributed by atoms with Crippen LogP contribution < -0.4 is 16.2 Å². The number of nitrogens with one attached hydrogen (secondary N) is 3. The van der Waals surface area contributed by atoms with Crippen molar-refractivity contribution in [3.63, 3.8) is 0 Å². The van der Waals surface area contributed by atoms with Crippen molar-refractivity contribution in [3.8, 4) is 0 Å². The molecule has 5 aromatic rings. The Hall–Kier alpha value is -6.23. The van der Waals surface area contributed by atoms with Gasteiger partial charge in [0.15, 0.2) is 15.9 Å². The fourth-order valence-corrected chi connectivity index (χ4v) is 8.28. The molecule has 1 saturated carbocycles. The van der Waals surface area contributed by atoms with Crippen LogP contribution in [0.2, 0.25) is 0 Å². The number of aromatic nitrogens is 1. The van der Waals surface area contributed by atoms with Crippen LogP contribution in [0.4, 0.5) is 21.0 Å². The van der Waals surface area contributed by atoms with Gasteiger partial charge in [0.2, 0.25) is 0 Å². The number of carboxylic acids is 1. The van der Waals surface area contributed by atoms with Gasteiger partial charge in [0.1, 0.15) is 26.1 Å². The first-order valence-corrected chi connectivity index (χ1v) is 19.9. The molecule has 1 aliphatic carbocycles. The highest BCUT2D eigenvalue weighted by Gasteiger charge is 2.38. The van der Waals surface area contributed by atoms with Crippen molar-refractivity contribution in [2.45, 2.75) is 55.2 Å². The Bertz CT molecular complexity index is 2450. The molecule has 16 heteroatoms. The normalized spacial score (nSPS) is 13.6. The lowest BCUT2D eigenvalue weighted by Gasteiger charge is -2.22. The summed E-state index contributed by atoms with van der Waals surface area (Å²) in [4.78, 5) is 54.7. The number of sulfone groups is 1. The van der Waals surface area contributed by atoms with Gasteiger partial charge in [-0.15, -0.1) is 0 Å². The lowest BCUT2D eigenvalue weighted by molar-refractivity contribution is -0.138. The molecule has 0 saturated heterocycles. The zero-order valence-electron chi connectivity index (χ0n) is 32.1. The van der Waals surface area contributed by atoms with Gasteiger partial charge in [0, 0.05) is 37.1 Å². The molecule has 4 aromatic carbocycles. The first kappa shape index (κ1) is 41.4. The Kier molecular flexibility index (Phi) is 13.1. The van der Waals surface area contributed by atoms with Crippen LogP contribution in [0.5, 0.6) is 0 Å². The summed E-state index contributed by atoms with van der Waals surface area (Å²) in [5, 5.41) is 16.4. The van der Waals surface area contributed by atoms with E-state index in [9.17, 15) is 32.7 Å². The van der Waals surface area contributed by atoms with E-state index in [2.05, 4.69) is 15.6 Å². The molecule has 1 aliphatic rings. The van der Waals surface area contributed by atoms with Crippen molar-refractivity contribution in [3.05, 3.63) is 135 Å². The van der Waals surface area contributed by atoms with Crippen LogP contribution in [0.15, 0.2) is 107 Å². The molecule has 1 aromatic heterocycles. The smallest absolute Gasteiger partial charge is 0.411 e. The van der Waals surface area contributed by atoms with Gasteiger partial charge in [0.25, 0.3) is 5.56 Å². The van der Waals surface area contributed by atoms with Crippen molar-refractivity contribution < 1.29 is 46.9 Å². The van der Waals surface area contributed by atoms with Gasteiger partial charge < -0.3 is 39.3 Å². The largest absolute Gasteiger partial charge is 0.479 e. The molecule has 1 heterocycles. The highest BCUT2D eigenvalue weighted by Crippen LogP contribution is 2.36. The Labute approximate surface area is 334 Å².